The minimum absolute atomic E-state index is 0.282. The van der Waals surface area contributed by atoms with Crippen molar-refractivity contribution in [2.24, 2.45) is 0 Å². The van der Waals surface area contributed by atoms with Crippen molar-refractivity contribution < 1.29 is 9.66 Å². The Bertz CT molecular complexity index is 647. The van der Waals surface area contributed by atoms with Crippen molar-refractivity contribution in [3.05, 3.63) is 50.5 Å². The fourth-order valence-corrected chi connectivity index (χ4v) is 1.95. The zero-order valence-electron chi connectivity index (χ0n) is 9.76. The molecule has 0 aliphatic heterocycles. The summed E-state index contributed by atoms with van der Waals surface area (Å²) < 4.78 is 5.14. The van der Waals surface area contributed by atoms with E-state index in [2.05, 4.69) is 4.98 Å². The van der Waals surface area contributed by atoms with Gasteiger partial charge in [-0.25, -0.2) is 0 Å². The Morgan fingerprint density at radius 2 is 2.00 bits per heavy atom. The van der Waals surface area contributed by atoms with Crippen molar-refractivity contribution >= 4 is 29.0 Å². The van der Waals surface area contributed by atoms with Gasteiger partial charge in [-0.3, -0.25) is 0 Å². The zero-order valence-corrected chi connectivity index (χ0v) is 11.3. The van der Waals surface area contributed by atoms with Gasteiger partial charge in [-0.15, -0.1) is 0 Å². The summed E-state index contributed by atoms with van der Waals surface area (Å²) in [6.45, 7) is 0. The highest BCUT2D eigenvalue weighted by atomic mass is 35.5. The van der Waals surface area contributed by atoms with E-state index in [-0.39, 0.29) is 11.5 Å². The fourth-order valence-electron chi connectivity index (χ4n) is 1.57. The molecule has 1 aromatic carbocycles. The van der Waals surface area contributed by atoms with Crippen molar-refractivity contribution in [2.75, 3.05) is 7.11 Å². The lowest BCUT2D eigenvalue weighted by Gasteiger charge is -2.06. The van der Waals surface area contributed by atoms with E-state index in [1.165, 1.54) is 19.2 Å². The molecule has 98 valence electrons. The third kappa shape index (κ3) is 2.77. The molecule has 0 amide bonds. The van der Waals surface area contributed by atoms with E-state index in [9.17, 15) is 10.1 Å². The number of nitrogens with zero attached hydrogens (tertiary/aromatic N) is 2. The van der Waals surface area contributed by atoms with Crippen molar-refractivity contribution in [2.45, 2.75) is 0 Å². The smallest absolute Gasteiger partial charge is 0.364 e. The Labute approximate surface area is 118 Å². The number of methoxy groups -OCH3 is 1. The van der Waals surface area contributed by atoms with Gasteiger partial charge in [0.15, 0.2) is 5.75 Å². The van der Waals surface area contributed by atoms with Gasteiger partial charge < -0.3 is 14.9 Å². The molecule has 0 radical (unpaired) electrons. The minimum atomic E-state index is -0.582. The van der Waals surface area contributed by atoms with Crippen LogP contribution in [0.15, 0.2) is 30.3 Å². The van der Waals surface area contributed by atoms with Crippen LogP contribution in [-0.2, 0) is 0 Å². The van der Waals surface area contributed by atoms with Crippen LogP contribution in [0.25, 0.3) is 11.3 Å². The van der Waals surface area contributed by atoms with E-state index in [0.29, 0.717) is 21.4 Å². The second-order valence-corrected chi connectivity index (χ2v) is 4.45. The molecule has 0 aliphatic rings. The number of hydrogen-bond acceptors (Lipinski definition) is 4. The number of hydrogen-bond donors (Lipinski definition) is 0. The molecule has 1 heterocycles. The molecule has 0 aliphatic carbocycles. The van der Waals surface area contributed by atoms with Crippen molar-refractivity contribution in [1.82, 2.24) is 4.98 Å². The van der Waals surface area contributed by atoms with Gasteiger partial charge in [-0.1, -0.05) is 23.2 Å². The maximum atomic E-state index is 10.8. The second kappa shape index (κ2) is 5.42. The molecule has 0 unspecified atom stereocenters. The fraction of sp³-hybridized carbons (Fsp3) is 0.0833. The largest absolute Gasteiger partial charge is 0.492 e. The van der Waals surface area contributed by atoms with Crippen molar-refractivity contribution in [3.8, 4) is 17.0 Å². The van der Waals surface area contributed by atoms with Crippen LogP contribution in [0.2, 0.25) is 10.0 Å². The SMILES string of the molecule is COc1ccc([N+](=O)[O-])nc1-c1cc(Cl)ccc1Cl. The average molecular weight is 299 g/mol. The van der Waals surface area contributed by atoms with Crippen LogP contribution in [-0.4, -0.2) is 17.0 Å². The van der Waals surface area contributed by atoms with E-state index in [1.54, 1.807) is 18.2 Å². The summed E-state index contributed by atoms with van der Waals surface area (Å²) in [6, 6.07) is 7.54. The first-order valence-electron chi connectivity index (χ1n) is 5.18. The van der Waals surface area contributed by atoms with E-state index >= 15 is 0 Å². The van der Waals surface area contributed by atoms with Gasteiger partial charge in [0.05, 0.1) is 12.1 Å². The Balaban J connectivity index is 2.68. The van der Waals surface area contributed by atoms with Crippen LogP contribution in [0, 0.1) is 10.1 Å². The first-order chi connectivity index (χ1) is 9.02. The zero-order chi connectivity index (χ0) is 14.0. The lowest BCUT2D eigenvalue weighted by atomic mass is 10.1. The summed E-state index contributed by atoms with van der Waals surface area (Å²) >= 11 is 12.0. The molecule has 0 spiro atoms. The predicted octanol–water partition coefficient (Wildman–Crippen LogP) is 3.97. The maximum absolute atomic E-state index is 10.8. The van der Waals surface area contributed by atoms with E-state index in [0.717, 1.165) is 0 Å². The molecular formula is C12H8Cl2N2O3. The molecule has 0 saturated heterocycles. The summed E-state index contributed by atoms with van der Waals surface area (Å²) in [6.07, 6.45) is 0. The Morgan fingerprint density at radius 3 is 2.63 bits per heavy atom. The number of nitro groups is 1. The molecule has 0 atom stereocenters. The molecule has 19 heavy (non-hydrogen) atoms. The maximum Gasteiger partial charge on any atom is 0.364 e. The molecule has 0 saturated carbocycles. The third-order valence-corrected chi connectivity index (χ3v) is 3.00. The third-order valence-electron chi connectivity index (χ3n) is 2.43. The average Bonchev–Trinajstić information content (AvgIpc) is 2.40. The number of halogens is 2. The first-order valence-corrected chi connectivity index (χ1v) is 5.93. The van der Waals surface area contributed by atoms with Gasteiger partial charge in [0, 0.05) is 16.7 Å². The highest BCUT2D eigenvalue weighted by Gasteiger charge is 2.20. The molecule has 5 nitrogen and oxygen atoms in total. The quantitative estimate of drug-likeness (QED) is 0.635. The van der Waals surface area contributed by atoms with Gasteiger partial charge in [0.25, 0.3) is 0 Å². The molecule has 0 bridgehead atoms. The predicted molar refractivity (Wildman–Crippen MR) is 72.9 cm³/mol. The number of aromatic nitrogens is 1. The molecule has 2 aromatic rings. The van der Waals surface area contributed by atoms with Gasteiger partial charge in [0.1, 0.15) is 0 Å². The molecule has 0 N–H and O–H groups in total. The molecule has 0 fully saturated rings. The van der Waals surface area contributed by atoms with Crippen LogP contribution in [0.3, 0.4) is 0 Å². The topological polar surface area (TPSA) is 65.3 Å². The Hall–Kier alpha value is -1.85. The van der Waals surface area contributed by atoms with Crippen molar-refractivity contribution in [1.29, 1.82) is 0 Å². The summed E-state index contributed by atoms with van der Waals surface area (Å²) in [5.74, 6) is 0.0987. The molecule has 7 heteroatoms. The summed E-state index contributed by atoms with van der Waals surface area (Å²) in [4.78, 5) is 14.1. The van der Waals surface area contributed by atoms with Crippen LogP contribution in [0.4, 0.5) is 5.82 Å². The summed E-state index contributed by atoms with van der Waals surface area (Å²) in [7, 11) is 1.45. The number of benzene rings is 1. The van der Waals surface area contributed by atoms with Crippen LogP contribution < -0.4 is 4.74 Å². The van der Waals surface area contributed by atoms with Crippen LogP contribution in [0.5, 0.6) is 5.75 Å². The standard InChI is InChI=1S/C12H8Cl2N2O3/c1-19-10-4-5-11(16(17)18)15-12(10)8-6-7(13)2-3-9(8)14/h2-6H,1H3. The Kier molecular flexibility index (Phi) is 3.87. The van der Waals surface area contributed by atoms with Gasteiger partial charge in [-0.2, -0.15) is 0 Å². The first kappa shape index (κ1) is 13.6. The Morgan fingerprint density at radius 1 is 1.26 bits per heavy atom. The van der Waals surface area contributed by atoms with Crippen molar-refractivity contribution in [3.63, 3.8) is 0 Å². The number of pyridine rings is 1. The highest BCUT2D eigenvalue weighted by molar-refractivity contribution is 6.35. The second-order valence-electron chi connectivity index (χ2n) is 3.60. The molecule has 1 aromatic heterocycles. The van der Waals surface area contributed by atoms with E-state index < -0.39 is 4.92 Å². The highest BCUT2D eigenvalue weighted by Crippen LogP contribution is 2.36. The molecular weight excluding hydrogens is 291 g/mol. The molecule has 2 rings (SSSR count). The number of rotatable bonds is 3. The van der Waals surface area contributed by atoms with Gasteiger partial charge >= 0.3 is 5.82 Å². The number of ether oxygens (including phenoxy) is 1. The van der Waals surface area contributed by atoms with Gasteiger partial charge in [0.2, 0.25) is 5.69 Å². The van der Waals surface area contributed by atoms with E-state index in [1.807, 2.05) is 0 Å². The summed E-state index contributed by atoms with van der Waals surface area (Å²) in [5.41, 5.74) is 0.763. The minimum Gasteiger partial charge on any atom is -0.492 e. The van der Waals surface area contributed by atoms with Crippen LogP contribution >= 0.6 is 23.2 Å². The lowest BCUT2D eigenvalue weighted by Crippen LogP contribution is -1.97. The normalized spacial score (nSPS) is 10.3. The summed E-state index contributed by atoms with van der Waals surface area (Å²) in [5, 5.41) is 11.6. The van der Waals surface area contributed by atoms with Crippen LogP contribution in [0.1, 0.15) is 0 Å². The van der Waals surface area contributed by atoms with E-state index in [4.69, 9.17) is 27.9 Å². The van der Waals surface area contributed by atoms with Gasteiger partial charge in [-0.05, 0) is 34.2 Å². The monoisotopic (exact) mass is 298 g/mol. The lowest BCUT2D eigenvalue weighted by molar-refractivity contribution is -0.389.